The van der Waals surface area contributed by atoms with Gasteiger partial charge in [0.15, 0.2) is 0 Å². The van der Waals surface area contributed by atoms with Gasteiger partial charge in [0.25, 0.3) is 0 Å². The zero-order chi connectivity index (χ0) is 19.9. The molecule has 0 saturated carbocycles. The normalized spacial score (nSPS) is 13.1. The summed E-state index contributed by atoms with van der Waals surface area (Å²) in [6, 6.07) is 16.9. The van der Waals surface area contributed by atoms with E-state index in [4.69, 9.17) is 16.1 Å². The second-order valence-corrected chi connectivity index (χ2v) is 7.32. The van der Waals surface area contributed by atoms with Crippen LogP contribution in [0.3, 0.4) is 0 Å². The van der Waals surface area contributed by atoms with Gasteiger partial charge in [-0.05, 0) is 30.0 Å². The molecule has 28 heavy (non-hydrogen) atoms. The molecule has 0 fully saturated rings. The summed E-state index contributed by atoms with van der Waals surface area (Å²) in [6.45, 7) is 4.13. The molecular formula is C22H24ClN3O2. The van der Waals surface area contributed by atoms with E-state index >= 15 is 0 Å². The quantitative estimate of drug-likeness (QED) is 0.565. The summed E-state index contributed by atoms with van der Waals surface area (Å²) < 4.78 is 5.49. The molecule has 3 rings (SSSR count). The van der Waals surface area contributed by atoms with Gasteiger partial charge >= 0.3 is 0 Å². The van der Waals surface area contributed by atoms with Crippen molar-refractivity contribution in [3.05, 3.63) is 71.1 Å². The summed E-state index contributed by atoms with van der Waals surface area (Å²) in [5.41, 5.74) is 1.92. The van der Waals surface area contributed by atoms with Crippen LogP contribution in [0.5, 0.6) is 0 Å². The number of benzene rings is 2. The number of amides is 1. The van der Waals surface area contributed by atoms with E-state index in [0.29, 0.717) is 29.6 Å². The summed E-state index contributed by atoms with van der Waals surface area (Å²) in [5, 5.41) is 7.75. The summed E-state index contributed by atoms with van der Waals surface area (Å²) in [4.78, 5) is 17.0. The summed E-state index contributed by atoms with van der Waals surface area (Å²) in [6.07, 6.45) is 1.97. The molecule has 0 spiro atoms. The number of hydrogen-bond acceptors (Lipinski definition) is 4. The third-order valence-corrected chi connectivity index (χ3v) is 5.04. The molecule has 0 bridgehead atoms. The Morgan fingerprint density at radius 3 is 2.68 bits per heavy atom. The standard InChI is InChI=1S/C22H24ClN3O2/c1-3-15(2)20(24-19(27)13-12-16-8-5-4-6-9-16)22-25-21(26-28-22)17-10-7-11-18(23)14-17/h4-11,14-15,20H,3,12-13H2,1-2H3,(H,24,27). The lowest BCUT2D eigenvalue weighted by Gasteiger charge is -2.20. The molecule has 0 aliphatic rings. The highest BCUT2D eigenvalue weighted by molar-refractivity contribution is 6.30. The van der Waals surface area contributed by atoms with E-state index in [0.717, 1.165) is 17.5 Å². The molecule has 0 aliphatic heterocycles. The molecule has 1 aromatic heterocycles. The largest absolute Gasteiger partial charge is 0.344 e. The van der Waals surface area contributed by atoms with E-state index in [9.17, 15) is 4.79 Å². The van der Waals surface area contributed by atoms with Crippen LogP contribution < -0.4 is 5.32 Å². The van der Waals surface area contributed by atoms with Crippen LogP contribution in [0.15, 0.2) is 59.1 Å². The summed E-state index contributed by atoms with van der Waals surface area (Å²) in [7, 11) is 0. The average Bonchev–Trinajstić information content (AvgIpc) is 3.20. The van der Waals surface area contributed by atoms with Gasteiger partial charge in [0.2, 0.25) is 17.6 Å². The van der Waals surface area contributed by atoms with Crippen LogP contribution in [0.4, 0.5) is 0 Å². The number of nitrogens with one attached hydrogen (secondary N) is 1. The van der Waals surface area contributed by atoms with Gasteiger partial charge in [-0.2, -0.15) is 4.98 Å². The fourth-order valence-electron chi connectivity index (χ4n) is 2.94. The monoisotopic (exact) mass is 397 g/mol. The first-order valence-corrected chi connectivity index (χ1v) is 9.87. The van der Waals surface area contributed by atoms with Crippen LogP contribution in [-0.2, 0) is 11.2 Å². The minimum Gasteiger partial charge on any atom is -0.344 e. The molecule has 6 heteroatoms. The minimum absolute atomic E-state index is 0.0309. The van der Waals surface area contributed by atoms with Gasteiger partial charge in [0.05, 0.1) is 0 Å². The van der Waals surface area contributed by atoms with E-state index in [2.05, 4.69) is 29.3 Å². The van der Waals surface area contributed by atoms with Crippen LogP contribution in [0.1, 0.15) is 44.2 Å². The van der Waals surface area contributed by atoms with Crippen molar-refractivity contribution >= 4 is 17.5 Å². The molecular weight excluding hydrogens is 374 g/mol. The van der Waals surface area contributed by atoms with Crippen LogP contribution in [0.25, 0.3) is 11.4 Å². The van der Waals surface area contributed by atoms with Crippen LogP contribution >= 0.6 is 11.6 Å². The maximum atomic E-state index is 12.5. The highest BCUT2D eigenvalue weighted by Gasteiger charge is 2.26. The number of aryl methyl sites for hydroxylation is 1. The fourth-order valence-corrected chi connectivity index (χ4v) is 3.13. The first-order chi connectivity index (χ1) is 13.6. The zero-order valence-electron chi connectivity index (χ0n) is 16.1. The maximum absolute atomic E-state index is 12.5. The molecule has 1 heterocycles. The zero-order valence-corrected chi connectivity index (χ0v) is 16.8. The lowest BCUT2D eigenvalue weighted by molar-refractivity contribution is -0.122. The topological polar surface area (TPSA) is 68.0 Å². The number of carbonyl (C=O) groups is 1. The Hall–Kier alpha value is -2.66. The van der Waals surface area contributed by atoms with Crippen molar-refractivity contribution in [1.82, 2.24) is 15.5 Å². The van der Waals surface area contributed by atoms with Crippen molar-refractivity contribution in [2.45, 2.75) is 39.2 Å². The van der Waals surface area contributed by atoms with Gasteiger partial charge in [-0.1, -0.05) is 79.5 Å². The second-order valence-electron chi connectivity index (χ2n) is 6.88. The molecule has 0 aliphatic carbocycles. The first-order valence-electron chi connectivity index (χ1n) is 9.49. The summed E-state index contributed by atoms with van der Waals surface area (Å²) >= 11 is 6.05. The number of rotatable bonds is 8. The summed E-state index contributed by atoms with van der Waals surface area (Å²) in [5.74, 6) is 1.01. The molecule has 2 atom stereocenters. The van der Waals surface area contributed by atoms with Crippen LogP contribution in [-0.4, -0.2) is 16.0 Å². The fraction of sp³-hybridized carbons (Fsp3) is 0.318. The number of halogens is 1. The van der Waals surface area contributed by atoms with E-state index in [1.165, 1.54) is 0 Å². The van der Waals surface area contributed by atoms with Crippen molar-refractivity contribution in [3.8, 4) is 11.4 Å². The predicted octanol–water partition coefficient (Wildman–Crippen LogP) is 5.23. The van der Waals surface area contributed by atoms with E-state index in [1.54, 1.807) is 12.1 Å². The third-order valence-electron chi connectivity index (χ3n) is 4.80. The van der Waals surface area contributed by atoms with E-state index in [-0.39, 0.29) is 17.9 Å². The molecule has 2 unspecified atom stereocenters. The van der Waals surface area contributed by atoms with Crippen molar-refractivity contribution in [2.75, 3.05) is 0 Å². The average molecular weight is 398 g/mol. The van der Waals surface area contributed by atoms with Crippen molar-refractivity contribution in [3.63, 3.8) is 0 Å². The Morgan fingerprint density at radius 2 is 1.96 bits per heavy atom. The Labute approximate surface area is 170 Å². The van der Waals surface area contributed by atoms with Gasteiger partial charge in [0.1, 0.15) is 6.04 Å². The molecule has 0 saturated heterocycles. The molecule has 0 radical (unpaired) electrons. The first kappa shape index (κ1) is 20.1. The molecule has 1 N–H and O–H groups in total. The molecule has 3 aromatic rings. The van der Waals surface area contributed by atoms with Crippen molar-refractivity contribution < 1.29 is 9.32 Å². The van der Waals surface area contributed by atoms with Crippen LogP contribution in [0.2, 0.25) is 5.02 Å². The lowest BCUT2D eigenvalue weighted by atomic mass is 9.98. The van der Waals surface area contributed by atoms with E-state index in [1.807, 2.05) is 42.5 Å². The second kappa shape index (κ2) is 9.51. The molecule has 1 amide bonds. The van der Waals surface area contributed by atoms with Gasteiger partial charge in [-0.25, -0.2) is 0 Å². The van der Waals surface area contributed by atoms with Crippen LogP contribution in [0, 0.1) is 5.92 Å². The highest BCUT2D eigenvalue weighted by atomic mass is 35.5. The Balaban J connectivity index is 1.71. The number of aromatic nitrogens is 2. The molecule has 5 nitrogen and oxygen atoms in total. The van der Waals surface area contributed by atoms with Gasteiger partial charge in [-0.15, -0.1) is 0 Å². The van der Waals surface area contributed by atoms with E-state index < -0.39 is 0 Å². The van der Waals surface area contributed by atoms with Gasteiger partial charge in [0, 0.05) is 17.0 Å². The molecule has 2 aromatic carbocycles. The van der Waals surface area contributed by atoms with Gasteiger partial charge in [-0.3, -0.25) is 4.79 Å². The maximum Gasteiger partial charge on any atom is 0.249 e. The Bertz CT molecular complexity index is 911. The SMILES string of the molecule is CCC(C)C(NC(=O)CCc1ccccc1)c1nc(-c2cccc(Cl)c2)no1. The number of hydrogen-bond donors (Lipinski definition) is 1. The predicted molar refractivity (Wildman–Crippen MR) is 110 cm³/mol. The molecule has 146 valence electrons. The van der Waals surface area contributed by atoms with Crippen molar-refractivity contribution in [2.24, 2.45) is 5.92 Å². The lowest BCUT2D eigenvalue weighted by Crippen LogP contribution is -2.32. The van der Waals surface area contributed by atoms with Crippen molar-refractivity contribution in [1.29, 1.82) is 0 Å². The minimum atomic E-state index is -0.325. The third kappa shape index (κ3) is 5.20. The number of nitrogens with zero attached hydrogens (tertiary/aromatic N) is 2. The smallest absolute Gasteiger partial charge is 0.249 e. The highest BCUT2D eigenvalue weighted by Crippen LogP contribution is 2.26. The number of carbonyl (C=O) groups excluding carboxylic acids is 1. The van der Waals surface area contributed by atoms with Gasteiger partial charge < -0.3 is 9.84 Å². The Kier molecular flexibility index (Phi) is 6.82. The Morgan fingerprint density at radius 1 is 1.18 bits per heavy atom.